The molecule has 28 heavy (non-hydrogen) atoms. The number of imide groups is 1. The molecule has 0 fully saturated rings. The van der Waals surface area contributed by atoms with Gasteiger partial charge in [0.15, 0.2) is 0 Å². The van der Waals surface area contributed by atoms with Crippen LogP contribution in [0.3, 0.4) is 0 Å². The van der Waals surface area contributed by atoms with Crippen molar-refractivity contribution in [2.45, 2.75) is 12.1 Å². The first-order chi connectivity index (χ1) is 13.2. The number of amides is 3. The Hall–Kier alpha value is -2.26. The predicted octanol–water partition coefficient (Wildman–Crippen LogP) is 4.07. The quantitative estimate of drug-likeness (QED) is 0.676. The highest BCUT2D eigenvalue weighted by molar-refractivity contribution is 7.98. The zero-order valence-electron chi connectivity index (χ0n) is 14.7. The maximum absolute atomic E-state index is 13.1. The van der Waals surface area contributed by atoms with E-state index in [1.807, 2.05) is 6.26 Å². The number of carbonyl (C=O) groups is 2. The molecule has 5 nitrogen and oxygen atoms in total. The smallest absolute Gasteiger partial charge is 0.337 e. The van der Waals surface area contributed by atoms with Gasteiger partial charge in [-0.25, -0.2) is 4.79 Å². The van der Waals surface area contributed by atoms with E-state index in [0.717, 1.165) is 18.3 Å². The maximum Gasteiger partial charge on any atom is 0.416 e. The van der Waals surface area contributed by atoms with Gasteiger partial charge in [-0.3, -0.25) is 15.1 Å². The van der Waals surface area contributed by atoms with Gasteiger partial charge in [-0.1, -0.05) is 29.8 Å². The lowest BCUT2D eigenvalue weighted by Crippen LogP contribution is -2.43. The summed E-state index contributed by atoms with van der Waals surface area (Å²) in [7, 11) is 0. The Morgan fingerprint density at radius 3 is 2.61 bits per heavy atom. The summed E-state index contributed by atoms with van der Waals surface area (Å²) in [6.45, 7) is 0.332. The van der Waals surface area contributed by atoms with Gasteiger partial charge in [0, 0.05) is 23.5 Å². The highest BCUT2D eigenvalue weighted by atomic mass is 35.5. The summed E-state index contributed by atoms with van der Waals surface area (Å²) in [4.78, 5) is 28.6. The Bertz CT molecular complexity index is 849. The lowest BCUT2D eigenvalue weighted by Gasteiger charge is -2.19. The first-order valence-electron chi connectivity index (χ1n) is 8.09. The van der Waals surface area contributed by atoms with Gasteiger partial charge in [-0.05, 0) is 30.0 Å². The molecule has 0 aliphatic rings. The van der Waals surface area contributed by atoms with Gasteiger partial charge < -0.3 is 5.32 Å². The van der Waals surface area contributed by atoms with Gasteiger partial charge in [-0.15, -0.1) is 0 Å². The van der Waals surface area contributed by atoms with E-state index in [1.54, 1.807) is 12.1 Å². The van der Waals surface area contributed by atoms with Crippen LogP contribution in [0.2, 0.25) is 5.02 Å². The normalized spacial score (nSPS) is 12.3. The minimum absolute atomic E-state index is 0.169. The van der Waals surface area contributed by atoms with Crippen LogP contribution in [0.4, 0.5) is 18.0 Å². The molecule has 10 heteroatoms. The van der Waals surface area contributed by atoms with Gasteiger partial charge in [0.25, 0.3) is 0 Å². The molecule has 150 valence electrons. The minimum Gasteiger partial charge on any atom is -0.337 e. The Labute approximate surface area is 169 Å². The number of rotatable bonds is 6. The number of nitrogens with zero attached hydrogens (tertiary/aromatic N) is 1. The summed E-state index contributed by atoms with van der Waals surface area (Å²) < 4.78 is 39.2. The lowest BCUT2D eigenvalue weighted by molar-refractivity contribution is -0.137. The van der Waals surface area contributed by atoms with Gasteiger partial charge in [0.1, 0.15) is 5.92 Å². The van der Waals surface area contributed by atoms with Crippen LogP contribution in [0.15, 0.2) is 42.6 Å². The molecule has 1 aromatic heterocycles. The second kappa shape index (κ2) is 9.79. The standard InChI is InChI=1S/C18H17ClF3N3O2S/c1-28-9-8-24-17(27)25-16(26)15(12-4-2-3-5-13(12)19)14-10-11(6-7-23-14)18(20,21)22/h2-7,10,15H,8-9H2,1H3,(H2,24,25,26,27). The van der Waals surface area contributed by atoms with E-state index >= 15 is 0 Å². The average molecular weight is 432 g/mol. The molecule has 0 saturated carbocycles. The van der Waals surface area contributed by atoms with Crippen molar-refractivity contribution >= 4 is 35.3 Å². The number of benzene rings is 1. The third kappa shape index (κ3) is 5.87. The summed E-state index contributed by atoms with van der Waals surface area (Å²) in [5.41, 5.74) is -0.880. The molecule has 0 saturated heterocycles. The fourth-order valence-electron chi connectivity index (χ4n) is 2.42. The number of aromatic nitrogens is 1. The second-order valence-corrected chi connectivity index (χ2v) is 7.05. The van der Waals surface area contributed by atoms with Gasteiger partial charge in [0.05, 0.1) is 11.3 Å². The van der Waals surface area contributed by atoms with E-state index in [-0.39, 0.29) is 16.3 Å². The fraction of sp³-hybridized carbons (Fsp3) is 0.278. The largest absolute Gasteiger partial charge is 0.416 e. The van der Waals surface area contributed by atoms with Crippen LogP contribution in [0.1, 0.15) is 22.7 Å². The fourth-order valence-corrected chi connectivity index (χ4v) is 2.97. The van der Waals surface area contributed by atoms with E-state index in [4.69, 9.17) is 11.6 Å². The predicted molar refractivity (Wildman–Crippen MR) is 102 cm³/mol. The van der Waals surface area contributed by atoms with Crippen LogP contribution in [0, 0.1) is 0 Å². The summed E-state index contributed by atoms with van der Waals surface area (Å²) >= 11 is 7.66. The maximum atomic E-state index is 13.1. The molecule has 3 amide bonds. The van der Waals surface area contributed by atoms with Crippen molar-refractivity contribution < 1.29 is 22.8 Å². The summed E-state index contributed by atoms with van der Waals surface area (Å²) in [6, 6.07) is 7.05. The number of hydrogen-bond donors (Lipinski definition) is 2. The number of halogens is 4. The Morgan fingerprint density at radius 1 is 1.25 bits per heavy atom. The van der Waals surface area contributed by atoms with Crippen LogP contribution in [0.25, 0.3) is 0 Å². The molecule has 1 heterocycles. The molecule has 0 aliphatic carbocycles. The number of hydrogen-bond acceptors (Lipinski definition) is 4. The number of pyridine rings is 1. The Kier molecular flexibility index (Phi) is 7.70. The number of nitrogens with one attached hydrogen (secondary N) is 2. The molecule has 1 aromatic carbocycles. The average Bonchev–Trinajstić information content (AvgIpc) is 2.63. The second-order valence-electron chi connectivity index (χ2n) is 5.66. The molecule has 0 bridgehead atoms. The topological polar surface area (TPSA) is 71.1 Å². The molecule has 1 atom stereocenters. The van der Waals surface area contributed by atoms with Crippen molar-refractivity contribution in [3.63, 3.8) is 0 Å². The van der Waals surface area contributed by atoms with Crippen molar-refractivity contribution in [3.05, 3.63) is 64.4 Å². The summed E-state index contributed by atoms with van der Waals surface area (Å²) in [5, 5.41) is 4.81. The summed E-state index contributed by atoms with van der Waals surface area (Å²) in [6.07, 6.45) is -1.78. The molecule has 0 aliphatic heterocycles. The van der Waals surface area contributed by atoms with Crippen molar-refractivity contribution in [3.8, 4) is 0 Å². The third-order valence-electron chi connectivity index (χ3n) is 3.71. The monoisotopic (exact) mass is 431 g/mol. The highest BCUT2D eigenvalue weighted by Gasteiger charge is 2.33. The Balaban J connectivity index is 2.38. The number of carbonyl (C=O) groups excluding carboxylic acids is 2. The van der Waals surface area contributed by atoms with E-state index in [2.05, 4.69) is 15.6 Å². The van der Waals surface area contributed by atoms with Gasteiger partial charge >= 0.3 is 12.2 Å². The van der Waals surface area contributed by atoms with Crippen LogP contribution < -0.4 is 10.6 Å². The molecule has 0 radical (unpaired) electrons. The first kappa shape index (κ1) is 22.0. The summed E-state index contributed by atoms with van der Waals surface area (Å²) in [5.74, 6) is -1.48. The van der Waals surface area contributed by atoms with E-state index in [0.29, 0.717) is 12.3 Å². The van der Waals surface area contributed by atoms with Crippen molar-refractivity contribution in [1.82, 2.24) is 15.6 Å². The van der Waals surface area contributed by atoms with Crippen molar-refractivity contribution in [2.75, 3.05) is 18.6 Å². The van der Waals surface area contributed by atoms with Crippen molar-refractivity contribution in [2.24, 2.45) is 0 Å². The molecule has 2 aromatic rings. The number of thioether (sulfide) groups is 1. The zero-order valence-corrected chi connectivity index (χ0v) is 16.3. The van der Waals surface area contributed by atoms with E-state index < -0.39 is 29.6 Å². The lowest BCUT2D eigenvalue weighted by atomic mass is 9.93. The molecule has 0 spiro atoms. The van der Waals surface area contributed by atoms with Crippen molar-refractivity contribution in [1.29, 1.82) is 0 Å². The van der Waals surface area contributed by atoms with Crippen LogP contribution in [0.5, 0.6) is 0 Å². The molecule has 2 N–H and O–H groups in total. The highest BCUT2D eigenvalue weighted by Crippen LogP contribution is 2.34. The van der Waals surface area contributed by atoms with E-state index in [1.165, 1.54) is 23.9 Å². The van der Waals surface area contributed by atoms with Gasteiger partial charge in [0.2, 0.25) is 5.91 Å². The Morgan fingerprint density at radius 2 is 1.96 bits per heavy atom. The first-order valence-corrected chi connectivity index (χ1v) is 9.86. The zero-order chi connectivity index (χ0) is 20.7. The number of alkyl halides is 3. The third-order valence-corrected chi connectivity index (χ3v) is 4.67. The van der Waals surface area contributed by atoms with Crippen LogP contribution >= 0.6 is 23.4 Å². The van der Waals surface area contributed by atoms with Gasteiger partial charge in [-0.2, -0.15) is 24.9 Å². The van der Waals surface area contributed by atoms with Crippen LogP contribution in [-0.2, 0) is 11.0 Å². The minimum atomic E-state index is -4.60. The molecule has 2 rings (SSSR count). The van der Waals surface area contributed by atoms with E-state index in [9.17, 15) is 22.8 Å². The molecular formula is C18H17ClF3N3O2S. The van der Waals surface area contributed by atoms with Crippen LogP contribution in [-0.4, -0.2) is 35.5 Å². The molecular weight excluding hydrogens is 415 g/mol. The molecule has 1 unspecified atom stereocenters. The number of urea groups is 1. The SMILES string of the molecule is CSCCNC(=O)NC(=O)C(c1cc(C(F)(F)F)ccn1)c1ccccc1Cl.